The SMILES string of the molecule is CNCCC1CCN(C(=O)CCOCC2CC2)CC1. The summed E-state index contributed by atoms with van der Waals surface area (Å²) in [6.07, 6.45) is 6.76. The van der Waals surface area contributed by atoms with E-state index >= 15 is 0 Å². The van der Waals surface area contributed by atoms with Crippen LogP contribution in [0.25, 0.3) is 0 Å². The van der Waals surface area contributed by atoms with E-state index in [9.17, 15) is 4.79 Å². The first-order valence-electron chi connectivity index (χ1n) is 7.79. The Morgan fingerprint density at radius 2 is 1.95 bits per heavy atom. The number of piperidine rings is 1. The number of nitrogens with zero attached hydrogens (tertiary/aromatic N) is 1. The third kappa shape index (κ3) is 5.49. The maximum absolute atomic E-state index is 12.0. The normalized spacial score (nSPS) is 20.8. The molecule has 1 heterocycles. The van der Waals surface area contributed by atoms with Crippen molar-refractivity contribution < 1.29 is 9.53 Å². The first-order valence-corrected chi connectivity index (χ1v) is 7.79. The summed E-state index contributed by atoms with van der Waals surface area (Å²) in [5, 5.41) is 3.20. The summed E-state index contributed by atoms with van der Waals surface area (Å²) in [6, 6.07) is 0. The van der Waals surface area contributed by atoms with Gasteiger partial charge in [0.25, 0.3) is 0 Å². The quantitative estimate of drug-likeness (QED) is 0.681. The number of carbonyl (C=O) groups excluding carboxylic acids is 1. The van der Waals surface area contributed by atoms with Crippen LogP contribution in [0.5, 0.6) is 0 Å². The zero-order valence-electron chi connectivity index (χ0n) is 12.2. The van der Waals surface area contributed by atoms with Crippen LogP contribution >= 0.6 is 0 Å². The summed E-state index contributed by atoms with van der Waals surface area (Å²) >= 11 is 0. The Balaban J connectivity index is 1.53. The summed E-state index contributed by atoms with van der Waals surface area (Å²) in [5.41, 5.74) is 0. The Hall–Kier alpha value is -0.610. The number of carbonyl (C=O) groups is 1. The molecule has 1 N–H and O–H groups in total. The lowest BCUT2D eigenvalue weighted by Gasteiger charge is -2.32. The van der Waals surface area contributed by atoms with E-state index in [1.165, 1.54) is 19.3 Å². The molecule has 0 bridgehead atoms. The van der Waals surface area contributed by atoms with Crippen molar-refractivity contribution >= 4 is 5.91 Å². The van der Waals surface area contributed by atoms with Gasteiger partial charge in [0.1, 0.15) is 0 Å². The average molecular weight is 268 g/mol. The van der Waals surface area contributed by atoms with E-state index in [1.807, 2.05) is 11.9 Å². The molecule has 4 heteroatoms. The van der Waals surface area contributed by atoms with Gasteiger partial charge in [-0.2, -0.15) is 0 Å². The number of likely N-dealkylation sites (tertiary alicyclic amines) is 1. The highest BCUT2D eigenvalue weighted by atomic mass is 16.5. The zero-order chi connectivity index (χ0) is 13.5. The van der Waals surface area contributed by atoms with Crippen LogP contribution in [-0.4, -0.2) is 50.7 Å². The summed E-state index contributed by atoms with van der Waals surface area (Å²) < 4.78 is 5.54. The van der Waals surface area contributed by atoms with Crippen molar-refractivity contribution in [2.75, 3.05) is 39.9 Å². The standard InChI is InChI=1S/C15H28N2O2/c1-16-8-4-13-5-9-17(10-6-13)15(18)7-11-19-12-14-2-3-14/h13-14,16H,2-12H2,1H3. The van der Waals surface area contributed by atoms with Crippen LogP contribution < -0.4 is 5.32 Å². The van der Waals surface area contributed by atoms with Crippen molar-refractivity contribution in [1.82, 2.24) is 10.2 Å². The topological polar surface area (TPSA) is 41.6 Å². The van der Waals surface area contributed by atoms with Crippen LogP contribution in [-0.2, 0) is 9.53 Å². The van der Waals surface area contributed by atoms with Gasteiger partial charge in [-0.3, -0.25) is 4.79 Å². The minimum absolute atomic E-state index is 0.280. The molecule has 0 aromatic rings. The molecule has 0 atom stereocenters. The zero-order valence-corrected chi connectivity index (χ0v) is 12.2. The Morgan fingerprint density at radius 1 is 1.21 bits per heavy atom. The minimum Gasteiger partial charge on any atom is -0.381 e. The predicted molar refractivity (Wildman–Crippen MR) is 76.0 cm³/mol. The Morgan fingerprint density at radius 3 is 2.58 bits per heavy atom. The first-order chi connectivity index (χ1) is 9.29. The van der Waals surface area contributed by atoms with E-state index in [1.54, 1.807) is 0 Å². The van der Waals surface area contributed by atoms with Gasteiger partial charge in [0, 0.05) is 19.7 Å². The highest BCUT2D eigenvalue weighted by Crippen LogP contribution is 2.28. The van der Waals surface area contributed by atoms with Gasteiger partial charge >= 0.3 is 0 Å². The molecule has 19 heavy (non-hydrogen) atoms. The molecule has 2 fully saturated rings. The van der Waals surface area contributed by atoms with Crippen LogP contribution in [0.15, 0.2) is 0 Å². The second kappa shape index (κ2) is 7.85. The highest BCUT2D eigenvalue weighted by Gasteiger charge is 2.23. The number of rotatable bonds is 8. The summed E-state index contributed by atoms with van der Waals surface area (Å²) in [7, 11) is 2.00. The number of ether oxygens (including phenoxy) is 1. The van der Waals surface area contributed by atoms with E-state index in [0.29, 0.717) is 13.0 Å². The van der Waals surface area contributed by atoms with Gasteiger partial charge in [0.2, 0.25) is 5.91 Å². The lowest BCUT2D eigenvalue weighted by Crippen LogP contribution is -2.39. The Bertz CT molecular complexity index is 271. The van der Waals surface area contributed by atoms with Crippen molar-refractivity contribution in [1.29, 1.82) is 0 Å². The fraction of sp³-hybridized carbons (Fsp3) is 0.933. The number of nitrogens with one attached hydrogen (secondary N) is 1. The lowest BCUT2D eigenvalue weighted by atomic mass is 9.93. The van der Waals surface area contributed by atoms with Gasteiger partial charge in [-0.05, 0) is 57.5 Å². The van der Waals surface area contributed by atoms with Gasteiger partial charge in [-0.1, -0.05) is 0 Å². The van der Waals surface area contributed by atoms with Crippen molar-refractivity contribution in [2.24, 2.45) is 11.8 Å². The molecule has 0 unspecified atom stereocenters. The third-order valence-corrected chi connectivity index (χ3v) is 4.28. The molecular weight excluding hydrogens is 240 g/mol. The fourth-order valence-electron chi connectivity index (χ4n) is 2.67. The summed E-state index contributed by atoms with van der Waals surface area (Å²) in [6.45, 7) is 4.44. The highest BCUT2D eigenvalue weighted by molar-refractivity contribution is 5.76. The van der Waals surface area contributed by atoms with E-state index in [0.717, 1.165) is 50.9 Å². The van der Waals surface area contributed by atoms with Crippen LogP contribution in [0.4, 0.5) is 0 Å². The van der Waals surface area contributed by atoms with E-state index in [-0.39, 0.29) is 5.91 Å². The second-order valence-corrected chi connectivity index (χ2v) is 5.98. The van der Waals surface area contributed by atoms with E-state index in [2.05, 4.69) is 5.32 Å². The Kier molecular flexibility index (Phi) is 6.11. The van der Waals surface area contributed by atoms with Crippen LogP contribution in [0.2, 0.25) is 0 Å². The van der Waals surface area contributed by atoms with Gasteiger partial charge in [-0.25, -0.2) is 0 Å². The molecule has 0 aromatic heterocycles. The molecule has 1 aliphatic heterocycles. The minimum atomic E-state index is 0.280. The molecule has 1 saturated carbocycles. The number of hydrogen-bond acceptors (Lipinski definition) is 3. The van der Waals surface area contributed by atoms with E-state index in [4.69, 9.17) is 4.74 Å². The van der Waals surface area contributed by atoms with E-state index < -0.39 is 0 Å². The molecule has 110 valence electrons. The van der Waals surface area contributed by atoms with Crippen LogP contribution in [0.1, 0.15) is 38.5 Å². The van der Waals surface area contributed by atoms with Crippen molar-refractivity contribution in [3.63, 3.8) is 0 Å². The maximum Gasteiger partial charge on any atom is 0.224 e. The smallest absolute Gasteiger partial charge is 0.224 e. The number of hydrogen-bond donors (Lipinski definition) is 1. The molecule has 1 saturated heterocycles. The van der Waals surface area contributed by atoms with Crippen LogP contribution in [0, 0.1) is 11.8 Å². The molecule has 0 radical (unpaired) electrons. The molecule has 0 spiro atoms. The molecule has 1 aliphatic carbocycles. The van der Waals surface area contributed by atoms with Crippen LogP contribution in [0.3, 0.4) is 0 Å². The van der Waals surface area contributed by atoms with Gasteiger partial charge in [-0.15, -0.1) is 0 Å². The summed E-state index contributed by atoms with van der Waals surface area (Å²) in [5.74, 6) is 1.86. The van der Waals surface area contributed by atoms with Gasteiger partial charge in [0.05, 0.1) is 13.0 Å². The lowest BCUT2D eigenvalue weighted by molar-refractivity contribution is -0.133. The largest absolute Gasteiger partial charge is 0.381 e. The number of amides is 1. The molecule has 0 aromatic carbocycles. The van der Waals surface area contributed by atoms with Crippen molar-refractivity contribution in [2.45, 2.75) is 38.5 Å². The first kappa shape index (κ1) is 14.8. The third-order valence-electron chi connectivity index (χ3n) is 4.28. The van der Waals surface area contributed by atoms with Crippen molar-refractivity contribution in [3.8, 4) is 0 Å². The Labute approximate surface area is 116 Å². The van der Waals surface area contributed by atoms with Crippen molar-refractivity contribution in [3.05, 3.63) is 0 Å². The predicted octanol–water partition coefficient (Wildman–Crippen LogP) is 1.65. The second-order valence-electron chi connectivity index (χ2n) is 5.98. The molecule has 2 aliphatic rings. The summed E-state index contributed by atoms with van der Waals surface area (Å²) in [4.78, 5) is 14.0. The molecule has 1 amide bonds. The fourth-order valence-corrected chi connectivity index (χ4v) is 2.67. The molecular formula is C15H28N2O2. The van der Waals surface area contributed by atoms with Gasteiger partial charge < -0.3 is 15.0 Å². The monoisotopic (exact) mass is 268 g/mol. The van der Waals surface area contributed by atoms with Gasteiger partial charge in [0.15, 0.2) is 0 Å². The molecule has 2 rings (SSSR count). The molecule has 4 nitrogen and oxygen atoms in total. The maximum atomic E-state index is 12.0. The average Bonchev–Trinajstić information content (AvgIpc) is 3.26.